The van der Waals surface area contributed by atoms with Crippen LogP contribution in [0.25, 0.3) is 0 Å². The third-order valence-corrected chi connectivity index (χ3v) is 3.81. The molecule has 0 aliphatic heterocycles. The lowest BCUT2D eigenvalue weighted by Gasteiger charge is -2.03. The summed E-state index contributed by atoms with van der Waals surface area (Å²) in [5.41, 5.74) is 0.657. The zero-order chi connectivity index (χ0) is 25.6. The minimum absolute atomic E-state index is 0.275. The standard InChI is InChI=1S/2C12H14O4.H2O2/c2*1-2-3-9-15-12(14)16-11(13)10-7-5-4-6-8-10;1-2/h2*4-8H,2-3,9H2,1H3;1-2H. The first-order valence-electron chi connectivity index (χ1n) is 10.6. The van der Waals surface area contributed by atoms with Gasteiger partial charge >= 0.3 is 24.2 Å². The number of esters is 2. The van der Waals surface area contributed by atoms with Crippen molar-refractivity contribution in [1.82, 2.24) is 0 Å². The van der Waals surface area contributed by atoms with Gasteiger partial charge in [0.2, 0.25) is 0 Å². The smallest absolute Gasteiger partial charge is 0.434 e. The van der Waals surface area contributed by atoms with Crippen LogP contribution in [0.4, 0.5) is 9.59 Å². The van der Waals surface area contributed by atoms with Gasteiger partial charge in [-0.1, -0.05) is 63.1 Å². The normalized spacial score (nSPS) is 9.18. The van der Waals surface area contributed by atoms with Gasteiger partial charge in [0.1, 0.15) is 0 Å². The summed E-state index contributed by atoms with van der Waals surface area (Å²) in [5.74, 6) is -1.39. The SMILES string of the molecule is CCCCOC(=O)OC(=O)c1ccccc1.CCCCOC(=O)OC(=O)c1ccccc1.OO. The predicted molar refractivity (Wildman–Crippen MR) is 121 cm³/mol. The van der Waals surface area contributed by atoms with Crippen LogP contribution in [0.3, 0.4) is 0 Å². The molecule has 2 rings (SSSR count). The molecule has 0 aliphatic rings. The molecule has 34 heavy (non-hydrogen) atoms. The van der Waals surface area contributed by atoms with E-state index in [0.717, 1.165) is 25.7 Å². The van der Waals surface area contributed by atoms with Crippen molar-refractivity contribution in [1.29, 1.82) is 0 Å². The van der Waals surface area contributed by atoms with E-state index in [-0.39, 0.29) is 13.2 Å². The summed E-state index contributed by atoms with van der Waals surface area (Å²) < 4.78 is 18.4. The maximum atomic E-state index is 11.4. The lowest BCUT2D eigenvalue weighted by atomic mass is 10.2. The van der Waals surface area contributed by atoms with Crippen molar-refractivity contribution in [2.75, 3.05) is 13.2 Å². The first-order valence-corrected chi connectivity index (χ1v) is 10.6. The van der Waals surface area contributed by atoms with E-state index in [1.807, 2.05) is 13.8 Å². The number of ether oxygens (including phenoxy) is 4. The van der Waals surface area contributed by atoms with Gasteiger partial charge in [0.05, 0.1) is 24.3 Å². The van der Waals surface area contributed by atoms with E-state index in [9.17, 15) is 19.2 Å². The molecule has 2 aromatic carbocycles. The van der Waals surface area contributed by atoms with E-state index >= 15 is 0 Å². The molecular formula is C24H30O10. The molecule has 0 unspecified atom stereocenters. The molecule has 0 radical (unpaired) electrons. The van der Waals surface area contributed by atoms with Crippen LogP contribution in [0.15, 0.2) is 60.7 Å². The summed E-state index contributed by atoms with van der Waals surface area (Å²) in [4.78, 5) is 44.8. The molecule has 0 atom stereocenters. The monoisotopic (exact) mass is 478 g/mol. The van der Waals surface area contributed by atoms with Gasteiger partial charge in [0, 0.05) is 0 Å². The molecule has 2 aromatic rings. The van der Waals surface area contributed by atoms with Gasteiger partial charge in [-0.3, -0.25) is 10.5 Å². The Hall–Kier alpha value is -3.76. The number of rotatable bonds is 8. The van der Waals surface area contributed by atoms with Crippen molar-refractivity contribution in [2.24, 2.45) is 0 Å². The fourth-order valence-electron chi connectivity index (χ4n) is 2.08. The molecule has 2 N–H and O–H groups in total. The molecule has 0 saturated carbocycles. The Kier molecular flexibility index (Phi) is 17.7. The second-order valence-corrected chi connectivity index (χ2v) is 6.42. The zero-order valence-electron chi connectivity index (χ0n) is 19.2. The van der Waals surface area contributed by atoms with E-state index in [1.165, 1.54) is 0 Å². The molecule has 0 fully saturated rings. The Morgan fingerprint density at radius 3 is 1.24 bits per heavy atom. The van der Waals surface area contributed by atoms with Crippen LogP contribution in [-0.2, 0) is 18.9 Å². The van der Waals surface area contributed by atoms with Gasteiger partial charge in [-0.15, -0.1) is 0 Å². The van der Waals surface area contributed by atoms with Crippen molar-refractivity contribution in [3.8, 4) is 0 Å². The third kappa shape index (κ3) is 14.3. The van der Waals surface area contributed by atoms with Crippen LogP contribution in [0.1, 0.15) is 60.2 Å². The summed E-state index contributed by atoms with van der Waals surface area (Å²) in [6.07, 6.45) is 1.47. The van der Waals surface area contributed by atoms with E-state index in [4.69, 9.17) is 20.0 Å². The summed E-state index contributed by atoms with van der Waals surface area (Å²) in [6, 6.07) is 16.6. The van der Waals surface area contributed by atoms with Gasteiger partial charge in [0.15, 0.2) is 0 Å². The van der Waals surface area contributed by atoms with Crippen molar-refractivity contribution < 1.29 is 48.6 Å². The van der Waals surface area contributed by atoms with Crippen LogP contribution in [-0.4, -0.2) is 48.0 Å². The lowest BCUT2D eigenvalue weighted by Crippen LogP contribution is -2.14. The van der Waals surface area contributed by atoms with E-state index in [0.29, 0.717) is 11.1 Å². The van der Waals surface area contributed by atoms with Gasteiger partial charge in [-0.2, -0.15) is 0 Å². The number of hydrogen-bond donors (Lipinski definition) is 2. The summed E-state index contributed by atoms with van der Waals surface area (Å²) in [6.45, 7) is 4.50. The first kappa shape index (κ1) is 30.2. The van der Waals surface area contributed by atoms with Gasteiger partial charge in [-0.05, 0) is 37.1 Å². The molecule has 0 spiro atoms. The largest absolute Gasteiger partial charge is 0.516 e. The van der Waals surface area contributed by atoms with Crippen molar-refractivity contribution in [3.63, 3.8) is 0 Å². The van der Waals surface area contributed by atoms with Gasteiger partial charge in [-0.25, -0.2) is 19.2 Å². The first-order chi connectivity index (χ1) is 16.5. The Morgan fingerprint density at radius 2 is 0.941 bits per heavy atom. The Balaban J connectivity index is 0.000000597. The zero-order valence-corrected chi connectivity index (χ0v) is 19.2. The topological polar surface area (TPSA) is 146 Å². The summed E-state index contributed by atoms with van der Waals surface area (Å²) >= 11 is 0. The number of hydrogen-bond acceptors (Lipinski definition) is 10. The average molecular weight is 478 g/mol. The molecule has 10 heteroatoms. The molecule has 0 aliphatic carbocycles. The molecule has 0 heterocycles. The summed E-state index contributed by atoms with van der Waals surface area (Å²) in [5, 5.41) is 12.0. The predicted octanol–water partition coefficient (Wildman–Crippen LogP) is 5.58. The summed E-state index contributed by atoms with van der Waals surface area (Å²) in [7, 11) is 0. The second kappa shape index (κ2) is 19.9. The lowest BCUT2D eigenvalue weighted by molar-refractivity contribution is -0.176. The van der Waals surface area contributed by atoms with Crippen LogP contribution in [0, 0.1) is 0 Å². The van der Waals surface area contributed by atoms with E-state index < -0.39 is 24.2 Å². The highest BCUT2D eigenvalue weighted by molar-refractivity contribution is 5.95. The van der Waals surface area contributed by atoms with E-state index in [2.05, 4.69) is 9.47 Å². The Bertz CT molecular complexity index is 766. The second-order valence-electron chi connectivity index (χ2n) is 6.42. The minimum Gasteiger partial charge on any atom is -0.434 e. The Labute approximate surface area is 197 Å². The fraction of sp³-hybridized carbons (Fsp3) is 0.333. The minimum atomic E-state index is -0.942. The quantitative estimate of drug-likeness (QED) is 0.162. The maximum Gasteiger partial charge on any atom is 0.516 e. The number of carbonyl (C=O) groups excluding carboxylic acids is 4. The number of carbonyl (C=O) groups is 4. The van der Waals surface area contributed by atoms with Gasteiger partial charge < -0.3 is 18.9 Å². The maximum absolute atomic E-state index is 11.4. The van der Waals surface area contributed by atoms with Crippen molar-refractivity contribution in [2.45, 2.75) is 39.5 Å². The Morgan fingerprint density at radius 1 is 0.618 bits per heavy atom. The van der Waals surface area contributed by atoms with Crippen molar-refractivity contribution in [3.05, 3.63) is 71.8 Å². The number of benzene rings is 2. The molecule has 0 amide bonds. The van der Waals surface area contributed by atoms with Gasteiger partial charge in [0.25, 0.3) is 0 Å². The molecule has 10 nitrogen and oxygen atoms in total. The van der Waals surface area contributed by atoms with Crippen LogP contribution < -0.4 is 0 Å². The highest BCUT2D eigenvalue weighted by atomic mass is 17.0. The third-order valence-electron chi connectivity index (χ3n) is 3.81. The number of unbranched alkanes of at least 4 members (excludes halogenated alkanes) is 2. The molecular weight excluding hydrogens is 448 g/mol. The van der Waals surface area contributed by atoms with Crippen LogP contribution >= 0.6 is 0 Å². The molecule has 0 aromatic heterocycles. The highest BCUT2D eigenvalue weighted by Crippen LogP contribution is 2.03. The molecule has 0 saturated heterocycles. The van der Waals surface area contributed by atoms with Crippen LogP contribution in [0.2, 0.25) is 0 Å². The van der Waals surface area contributed by atoms with Crippen molar-refractivity contribution >= 4 is 24.2 Å². The van der Waals surface area contributed by atoms with Crippen LogP contribution in [0.5, 0.6) is 0 Å². The highest BCUT2D eigenvalue weighted by Gasteiger charge is 2.14. The fourth-order valence-corrected chi connectivity index (χ4v) is 2.08. The molecule has 186 valence electrons. The average Bonchev–Trinajstić information content (AvgIpc) is 2.87. The van der Waals surface area contributed by atoms with E-state index in [1.54, 1.807) is 60.7 Å². The molecule has 0 bridgehead atoms.